The fraction of sp³-hybridized carbons (Fsp3) is 0.786. The number of nitrogens with zero attached hydrogens (tertiary/aromatic N) is 3. The van der Waals surface area contributed by atoms with Gasteiger partial charge in [0.2, 0.25) is 0 Å². The van der Waals surface area contributed by atoms with Gasteiger partial charge in [-0.15, -0.1) is 0 Å². The maximum absolute atomic E-state index is 4.54. The summed E-state index contributed by atoms with van der Waals surface area (Å²) in [6, 6.07) is 0. The van der Waals surface area contributed by atoms with Crippen molar-refractivity contribution < 1.29 is 0 Å². The fourth-order valence-corrected chi connectivity index (χ4v) is 3.22. The van der Waals surface area contributed by atoms with E-state index in [0.29, 0.717) is 0 Å². The molecule has 18 heavy (non-hydrogen) atoms. The van der Waals surface area contributed by atoms with Crippen molar-refractivity contribution in [1.82, 2.24) is 19.8 Å². The van der Waals surface area contributed by atoms with Crippen molar-refractivity contribution in [3.05, 3.63) is 17.7 Å². The zero-order valence-electron chi connectivity index (χ0n) is 11.4. The Labute approximate surface area is 109 Å². The molecule has 0 unspecified atom stereocenters. The molecule has 1 aromatic rings. The molecule has 1 aromatic heterocycles. The van der Waals surface area contributed by atoms with Gasteiger partial charge in [0.05, 0.1) is 12.0 Å². The van der Waals surface area contributed by atoms with Crippen molar-refractivity contribution >= 4 is 0 Å². The van der Waals surface area contributed by atoms with Crippen molar-refractivity contribution in [3.63, 3.8) is 0 Å². The van der Waals surface area contributed by atoms with Gasteiger partial charge in [-0.1, -0.05) is 6.92 Å². The summed E-state index contributed by atoms with van der Waals surface area (Å²) < 4.78 is 2.42. The number of aromatic nitrogens is 2. The SMILES string of the molecule is CCN1CCC(Cn2cnc3c2CCNC3)CC1. The van der Waals surface area contributed by atoms with Gasteiger partial charge >= 0.3 is 0 Å². The van der Waals surface area contributed by atoms with Gasteiger partial charge in [-0.05, 0) is 38.4 Å². The summed E-state index contributed by atoms with van der Waals surface area (Å²) in [5.41, 5.74) is 2.75. The molecule has 0 aromatic carbocycles. The van der Waals surface area contributed by atoms with E-state index in [2.05, 4.69) is 33.0 Å². The summed E-state index contributed by atoms with van der Waals surface area (Å²) in [6.07, 6.45) is 5.89. The highest BCUT2D eigenvalue weighted by Crippen LogP contribution is 2.21. The topological polar surface area (TPSA) is 33.1 Å². The molecule has 3 heterocycles. The molecule has 0 bridgehead atoms. The molecule has 1 fully saturated rings. The average Bonchev–Trinajstić information content (AvgIpc) is 2.83. The Balaban J connectivity index is 1.61. The van der Waals surface area contributed by atoms with Crippen molar-refractivity contribution in [2.45, 2.75) is 39.3 Å². The van der Waals surface area contributed by atoms with Gasteiger partial charge in [0.15, 0.2) is 0 Å². The number of piperidine rings is 1. The lowest BCUT2D eigenvalue weighted by Gasteiger charge is -2.31. The Morgan fingerprint density at radius 3 is 3.00 bits per heavy atom. The number of hydrogen-bond acceptors (Lipinski definition) is 3. The summed E-state index contributed by atoms with van der Waals surface area (Å²) in [4.78, 5) is 7.10. The van der Waals surface area contributed by atoms with Crippen LogP contribution >= 0.6 is 0 Å². The number of imidazole rings is 1. The fourth-order valence-electron chi connectivity index (χ4n) is 3.22. The summed E-state index contributed by atoms with van der Waals surface area (Å²) in [5, 5.41) is 3.39. The van der Waals surface area contributed by atoms with Gasteiger partial charge in [0.1, 0.15) is 0 Å². The largest absolute Gasteiger partial charge is 0.334 e. The minimum atomic E-state index is 0.848. The summed E-state index contributed by atoms with van der Waals surface area (Å²) in [7, 11) is 0. The highest BCUT2D eigenvalue weighted by atomic mass is 15.1. The minimum Gasteiger partial charge on any atom is -0.334 e. The Kier molecular flexibility index (Phi) is 3.66. The van der Waals surface area contributed by atoms with E-state index in [1.807, 2.05) is 0 Å². The number of likely N-dealkylation sites (tertiary alicyclic amines) is 1. The van der Waals surface area contributed by atoms with Gasteiger partial charge in [0.25, 0.3) is 0 Å². The van der Waals surface area contributed by atoms with E-state index in [-0.39, 0.29) is 0 Å². The van der Waals surface area contributed by atoms with Gasteiger partial charge < -0.3 is 14.8 Å². The molecule has 0 radical (unpaired) electrons. The second kappa shape index (κ2) is 5.41. The third-order valence-corrected chi connectivity index (χ3v) is 4.47. The first kappa shape index (κ1) is 12.2. The maximum Gasteiger partial charge on any atom is 0.0952 e. The molecule has 2 aliphatic heterocycles. The number of fused-ring (bicyclic) bond motifs is 1. The zero-order chi connectivity index (χ0) is 12.4. The lowest BCUT2D eigenvalue weighted by atomic mass is 9.96. The molecule has 0 aliphatic carbocycles. The Morgan fingerprint density at radius 1 is 1.39 bits per heavy atom. The lowest BCUT2D eigenvalue weighted by Crippen LogP contribution is -2.35. The minimum absolute atomic E-state index is 0.848. The average molecular weight is 248 g/mol. The van der Waals surface area contributed by atoms with Crippen molar-refractivity contribution in [3.8, 4) is 0 Å². The molecule has 2 aliphatic rings. The van der Waals surface area contributed by atoms with Gasteiger partial charge in [-0.25, -0.2) is 4.98 Å². The first-order chi connectivity index (χ1) is 8.86. The van der Waals surface area contributed by atoms with Crippen LogP contribution in [0.3, 0.4) is 0 Å². The van der Waals surface area contributed by atoms with E-state index in [9.17, 15) is 0 Å². The molecule has 0 saturated carbocycles. The number of rotatable bonds is 3. The van der Waals surface area contributed by atoms with Crippen LogP contribution in [0.25, 0.3) is 0 Å². The molecule has 1 saturated heterocycles. The van der Waals surface area contributed by atoms with Crippen LogP contribution in [0.2, 0.25) is 0 Å². The monoisotopic (exact) mass is 248 g/mol. The summed E-state index contributed by atoms with van der Waals surface area (Å²) in [6.45, 7) is 9.27. The van der Waals surface area contributed by atoms with Crippen LogP contribution in [0, 0.1) is 5.92 Å². The Bertz CT molecular complexity index is 390. The number of nitrogens with one attached hydrogen (secondary N) is 1. The highest BCUT2D eigenvalue weighted by Gasteiger charge is 2.21. The van der Waals surface area contributed by atoms with Crippen LogP contribution in [-0.4, -0.2) is 40.6 Å². The van der Waals surface area contributed by atoms with Crippen LogP contribution in [0.5, 0.6) is 0 Å². The van der Waals surface area contributed by atoms with E-state index >= 15 is 0 Å². The quantitative estimate of drug-likeness (QED) is 0.874. The standard InChI is InChI=1S/C14H24N4/c1-2-17-7-4-12(5-8-17)10-18-11-16-13-9-15-6-3-14(13)18/h11-12,15H,2-10H2,1H3. The smallest absolute Gasteiger partial charge is 0.0952 e. The number of hydrogen-bond donors (Lipinski definition) is 1. The molecule has 0 spiro atoms. The Morgan fingerprint density at radius 2 is 2.22 bits per heavy atom. The van der Waals surface area contributed by atoms with E-state index in [1.54, 1.807) is 0 Å². The van der Waals surface area contributed by atoms with Gasteiger partial charge in [0, 0.05) is 31.7 Å². The predicted molar refractivity (Wildman–Crippen MR) is 72.5 cm³/mol. The first-order valence-corrected chi connectivity index (χ1v) is 7.32. The predicted octanol–water partition coefficient (Wildman–Crippen LogP) is 1.26. The van der Waals surface area contributed by atoms with E-state index < -0.39 is 0 Å². The van der Waals surface area contributed by atoms with Crippen LogP contribution in [0.4, 0.5) is 0 Å². The summed E-state index contributed by atoms with van der Waals surface area (Å²) in [5.74, 6) is 0.848. The van der Waals surface area contributed by atoms with E-state index in [1.165, 1.54) is 50.4 Å². The van der Waals surface area contributed by atoms with Crippen LogP contribution < -0.4 is 5.32 Å². The third kappa shape index (κ3) is 2.45. The lowest BCUT2D eigenvalue weighted by molar-refractivity contribution is 0.180. The third-order valence-electron chi connectivity index (χ3n) is 4.47. The Hall–Kier alpha value is -0.870. The van der Waals surface area contributed by atoms with Crippen LogP contribution in [-0.2, 0) is 19.5 Å². The molecule has 1 N–H and O–H groups in total. The molecule has 4 heteroatoms. The molecule has 0 amide bonds. The van der Waals surface area contributed by atoms with Crippen LogP contribution in [0.15, 0.2) is 6.33 Å². The second-order valence-corrected chi connectivity index (χ2v) is 5.59. The first-order valence-electron chi connectivity index (χ1n) is 7.32. The van der Waals surface area contributed by atoms with E-state index in [4.69, 9.17) is 0 Å². The second-order valence-electron chi connectivity index (χ2n) is 5.59. The normalized spacial score (nSPS) is 22.1. The van der Waals surface area contributed by atoms with Gasteiger partial charge in [-0.2, -0.15) is 0 Å². The van der Waals surface area contributed by atoms with E-state index in [0.717, 1.165) is 25.4 Å². The van der Waals surface area contributed by atoms with Crippen molar-refractivity contribution in [2.75, 3.05) is 26.2 Å². The van der Waals surface area contributed by atoms with Crippen LogP contribution in [0.1, 0.15) is 31.2 Å². The zero-order valence-corrected chi connectivity index (χ0v) is 11.4. The molecule has 0 atom stereocenters. The molecular weight excluding hydrogens is 224 g/mol. The molecule has 4 nitrogen and oxygen atoms in total. The molecule has 3 rings (SSSR count). The van der Waals surface area contributed by atoms with Crippen molar-refractivity contribution in [2.24, 2.45) is 5.92 Å². The molecule has 100 valence electrons. The van der Waals surface area contributed by atoms with Gasteiger partial charge in [-0.3, -0.25) is 0 Å². The van der Waals surface area contributed by atoms with Crippen molar-refractivity contribution in [1.29, 1.82) is 0 Å². The maximum atomic E-state index is 4.54. The highest BCUT2D eigenvalue weighted by molar-refractivity contribution is 5.16. The summed E-state index contributed by atoms with van der Waals surface area (Å²) >= 11 is 0. The molecular formula is C14H24N4.